The molecule has 0 saturated carbocycles. The van der Waals surface area contributed by atoms with Gasteiger partial charge in [0.2, 0.25) is 0 Å². The quantitative estimate of drug-likeness (QED) is 0.774. The molecule has 168 valence electrons. The Balaban J connectivity index is 1.72. The Bertz CT molecular complexity index is 1100. The van der Waals surface area contributed by atoms with Gasteiger partial charge in [-0.1, -0.05) is 13.0 Å². The summed E-state index contributed by atoms with van der Waals surface area (Å²) >= 11 is 0. The highest BCUT2D eigenvalue weighted by atomic mass is 19.1. The standard InChI is InChI=1S/C24H26F2N4O2/c1-13-11-29(3)8-7-15(13)16-9-20-21(10-17(16)23-18(25)5-4-6-19(23)26)32-12-22-27-28-24(31)14(2)30(20)22/h4-6,9-10,13-15H,7-8,11-12H2,1-3H3,(H,28,31)/t13-,14+,15+/m0/s1. The molecule has 2 aromatic carbocycles. The molecule has 0 spiro atoms. The molecular formula is C24H26F2N4O2. The minimum Gasteiger partial charge on any atom is -0.483 e. The van der Waals surface area contributed by atoms with Gasteiger partial charge in [-0.15, -0.1) is 0 Å². The van der Waals surface area contributed by atoms with Crippen LogP contribution in [0.5, 0.6) is 5.75 Å². The largest absolute Gasteiger partial charge is 0.483 e. The highest BCUT2D eigenvalue weighted by molar-refractivity contribution is 6.09. The number of carbonyl (C=O) groups is 1. The smallest absolute Gasteiger partial charge is 0.262 e. The second kappa shape index (κ2) is 7.85. The van der Waals surface area contributed by atoms with Crippen molar-refractivity contribution in [2.45, 2.75) is 32.2 Å². The third-order valence-electron chi connectivity index (χ3n) is 6.83. The van der Waals surface area contributed by atoms with Crippen molar-refractivity contribution in [3.8, 4) is 16.9 Å². The Labute approximate surface area is 185 Å². The van der Waals surface area contributed by atoms with Crippen LogP contribution in [0.2, 0.25) is 0 Å². The number of hydrogen-bond donors (Lipinski definition) is 1. The van der Waals surface area contributed by atoms with Gasteiger partial charge < -0.3 is 14.5 Å². The molecular weight excluding hydrogens is 414 g/mol. The zero-order chi connectivity index (χ0) is 22.6. The normalized spacial score (nSPS) is 25.4. The number of carbonyl (C=O) groups excluding carboxylic acids is 1. The number of amidine groups is 1. The molecule has 1 N–H and O–H groups in total. The lowest BCUT2D eigenvalue weighted by molar-refractivity contribution is -0.122. The van der Waals surface area contributed by atoms with E-state index in [0.29, 0.717) is 28.8 Å². The third-order valence-corrected chi connectivity index (χ3v) is 6.83. The fourth-order valence-electron chi connectivity index (χ4n) is 5.18. The van der Waals surface area contributed by atoms with Crippen LogP contribution in [0.25, 0.3) is 11.1 Å². The van der Waals surface area contributed by atoms with Gasteiger partial charge in [0.25, 0.3) is 5.91 Å². The SMILES string of the molecule is C[C@@H]1C(=O)NN=C2COc3cc(-c4c(F)cccc4F)c([C@@H]4CCN(C)C[C@@H]4C)cc3N21. The predicted octanol–water partition coefficient (Wildman–Crippen LogP) is 3.72. The lowest BCUT2D eigenvalue weighted by Gasteiger charge is -2.40. The van der Waals surface area contributed by atoms with Crippen LogP contribution in [-0.4, -0.2) is 49.4 Å². The Morgan fingerprint density at radius 2 is 1.94 bits per heavy atom. The molecule has 5 rings (SSSR count). The van der Waals surface area contributed by atoms with Crippen LogP contribution in [0.4, 0.5) is 14.5 Å². The van der Waals surface area contributed by atoms with Gasteiger partial charge >= 0.3 is 0 Å². The second-order valence-corrected chi connectivity index (χ2v) is 8.98. The van der Waals surface area contributed by atoms with E-state index in [2.05, 4.69) is 29.4 Å². The zero-order valence-electron chi connectivity index (χ0n) is 18.4. The van der Waals surface area contributed by atoms with Gasteiger partial charge in [-0.2, -0.15) is 5.10 Å². The molecule has 3 aliphatic rings. The van der Waals surface area contributed by atoms with Gasteiger partial charge in [0, 0.05) is 6.54 Å². The van der Waals surface area contributed by atoms with Crippen molar-refractivity contribution < 1.29 is 18.3 Å². The number of ether oxygens (including phenoxy) is 1. The van der Waals surface area contributed by atoms with Crippen molar-refractivity contribution in [2.24, 2.45) is 11.0 Å². The van der Waals surface area contributed by atoms with E-state index in [1.54, 1.807) is 13.0 Å². The summed E-state index contributed by atoms with van der Waals surface area (Å²) in [7, 11) is 2.08. The van der Waals surface area contributed by atoms with Crippen LogP contribution in [-0.2, 0) is 4.79 Å². The number of nitrogens with zero attached hydrogens (tertiary/aromatic N) is 3. The molecule has 32 heavy (non-hydrogen) atoms. The summed E-state index contributed by atoms with van der Waals surface area (Å²) < 4.78 is 35.7. The molecule has 6 nitrogen and oxygen atoms in total. The minimum absolute atomic E-state index is 0.0380. The Hall–Kier alpha value is -3.00. The average Bonchev–Trinajstić information content (AvgIpc) is 2.75. The minimum atomic E-state index is -0.601. The first-order chi connectivity index (χ1) is 15.3. The maximum Gasteiger partial charge on any atom is 0.262 e. The van der Waals surface area contributed by atoms with Crippen LogP contribution >= 0.6 is 0 Å². The molecule has 1 saturated heterocycles. The molecule has 1 amide bonds. The van der Waals surface area contributed by atoms with Crippen LogP contribution in [0.15, 0.2) is 35.4 Å². The van der Waals surface area contributed by atoms with Crippen molar-refractivity contribution in [3.63, 3.8) is 0 Å². The van der Waals surface area contributed by atoms with Crippen LogP contribution in [0, 0.1) is 17.6 Å². The summed E-state index contributed by atoms with van der Waals surface area (Å²) in [6, 6.07) is 7.15. The van der Waals surface area contributed by atoms with Gasteiger partial charge in [-0.25, -0.2) is 14.2 Å². The number of hydrogen-bond acceptors (Lipinski definition) is 5. The summed E-state index contributed by atoms with van der Waals surface area (Å²) in [5.41, 5.74) is 4.58. The highest BCUT2D eigenvalue weighted by Crippen LogP contribution is 2.46. The van der Waals surface area contributed by atoms with Gasteiger partial charge in [0.1, 0.15) is 30.0 Å². The monoisotopic (exact) mass is 440 g/mol. The van der Waals surface area contributed by atoms with E-state index < -0.39 is 17.7 Å². The summed E-state index contributed by atoms with van der Waals surface area (Å²) in [6.07, 6.45) is 0.872. The molecule has 3 heterocycles. The number of likely N-dealkylation sites (tertiary alicyclic amines) is 1. The van der Waals surface area contributed by atoms with E-state index in [1.165, 1.54) is 18.2 Å². The highest BCUT2D eigenvalue weighted by Gasteiger charge is 2.37. The molecule has 0 unspecified atom stereocenters. The fourth-order valence-corrected chi connectivity index (χ4v) is 5.18. The number of anilines is 1. The first-order valence-corrected chi connectivity index (χ1v) is 10.9. The maximum absolute atomic E-state index is 14.9. The lowest BCUT2D eigenvalue weighted by Crippen LogP contribution is -2.55. The Morgan fingerprint density at radius 1 is 1.19 bits per heavy atom. The number of halogens is 2. The number of nitrogens with one attached hydrogen (secondary N) is 1. The van der Waals surface area contributed by atoms with Crippen LogP contribution in [0.3, 0.4) is 0 Å². The predicted molar refractivity (Wildman–Crippen MR) is 119 cm³/mol. The molecule has 1 fully saturated rings. The molecule has 0 aliphatic carbocycles. The molecule has 8 heteroatoms. The number of hydrazone groups is 1. The lowest BCUT2D eigenvalue weighted by atomic mass is 9.78. The van der Waals surface area contributed by atoms with Crippen LogP contribution in [0.1, 0.15) is 31.7 Å². The van der Waals surface area contributed by atoms with E-state index in [9.17, 15) is 13.6 Å². The van der Waals surface area contributed by atoms with Crippen molar-refractivity contribution in [1.82, 2.24) is 10.3 Å². The van der Waals surface area contributed by atoms with Gasteiger partial charge in [0.15, 0.2) is 5.84 Å². The van der Waals surface area contributed by atoms with Crippen molar-refractivity contribution in [1.29, 1.82) is 0 Å². The van der Waals surface area contributed by atoms with Crippen molar-refractivity contribution >= 4 is 17.4 Å². The first kappa shape index (κ1) is 20.9. The molecule has 0 bridgehead atoms. The van der Waals surface area contributed by atoms with Crippen LogP contribution < -0.4 is 15.1 Å². The molecule has 2 aromatic rings. The molecule has 0 radical (unpaired) electrons. The topological polar surface area (TPSA) is 57.2 Å². The zero-order valence-corrected chi connectivity index (χ0v) is 18.4. The Morgan fingerprint density at radius 3 is 2.66 bits per heavy atom. The third kappa shape index (κ3) is 3.33. The number of amides is 1. The number of piperidine rings is 1. The summed E-state index contributed by atoms with van der Waals surface area (Å²) in [5.74, 6) is 0.0947. The molecule has 0 aromatic heterocycles. The number of benzene rings is 2. The van der Waals surface area contributed by atoms with E-state index in [4.69, 9.17) is 4.74 Å². The fraction of sp³-hybridized carbons (Fsp3) is 0.417. The molecule has 3 atom stereocenters. The summed E-state index contributed by atoms with van der Waals surface area (Å²) in [5, 5.41) is 4.15. The van der Waals surface area contributed by atoms with Gasteiger partial charge in [-0.3, -0.25) is 4.79 Å². The number of fused-ring (bicyclic) bond motifs is 3. The van der Waals surface area contributed by atoms with Gasteiger partial charge in [0.05, 0.1) is 11.3 Å². The van der Waals surface area contributed by atoms with E-state index in [0.717, 1.165) is 25.1 Å². The second-order valence-electron chi connectivity index (χ2n) is 8.98. The van der Waals surface area contributed by atoms with E-state index in [-0.39, 0.29) is 24.0 Å². The van der Waals surface area contributed by atoms with Gasteiger partial charge in [-0.05, 0) is 74.2 Å². The summed E-state index contributed by atoms with van der Waals surface area (Å²) in [6.45, 7) is 5.94. The van der Waals surface area contributed by atoms with Crippen molar-refractivity contribution in [2.75, 3.05) is 31.6 Å². The van der Waals surface area contributed by atoms with E-state index >= 15 is 0 Å². The van der Waals surface area contributed by atoms with Crippen molar-refractivity contribution in [3.05, 3.63) is 47.5 Å². The molecule has 3 aliphatic heterocycles. The Kier molecular flexibility index (Phi) is 5.12. The first-order valence-electron chi connectivity index (χ1n) is 10.9. The maximum atomic E-state index is 14.9. The van der Waals surface area contributed by atoms with E-state index in [1.807, 2.05) is 11.0 Å². The average molecular weight is 440 g/mol. The summed E-state index contributed by atoms with van der Waals surface area (Å²) in [4.78, 5) is 16.4. The number of rotatable bonds is 2.